The first-order valence-corrected chi connectivity index (χ1v) is 5.55. The zero-order valence-electron chi connectivity index (χ0n) is 8.78. The van der Waals surface area contributed by atoms with E-state index in [0.29, 0.717) is 0 Å². The van der Waals surface area contributed by atoms with Crippen LogP contribution in [-0.2, 0) is 0 Å². The van der Waals surface area contributed by atoms with E-state index in [2.05, 4.69) is 11.7 Å². The highest BCUT2D eigenvalue weighted by Gasteiger charge is 2.16. The molecule has 2 nitrogen and oxygen atoms in total. The summed E-state index contributed by atoms with van der Waals surface area (Å²) in [6.45, 7) is 0. The van der Waals surface area contributed by atoms with Crippen LogP contribution in [0.4, 0.5) is 0 Å². The minimum atomic E-state index is 0.0405. The lowest BCUT2D eigenvalue weighted by atomic mass is 9.95. The van der Waals surface area contributed by atoms with Gasteiger partial charge in [-0.2, -0.15) is 0 Å². The topological polar surface area (TPSA) is 29.1 Å². The van der Waals surface area contributed by atoms with Gasteiger partial charge in [0.25, 0.3) is 5.91 Å². The number of amides is 1. The van der Waals surface area contributed by atoms with Gasteiger partial charge < -0.3 is 5.32 Å². The Kier molecular flexibility index (Phi) is 3.38. The minimum absolute atomic E-state index is 0.0405. The molecule has 0 unspecified atom stereocenters. The van der Waals surface area contributed by atoms with Crippen LogP contribution >= 0.6 is 0 Å². The molecule has 1 fully saturated rings. The van der Waals surface area contributed by atoms with Gasteiger partial charge in [0.05, 0.1) is 0 Å². The minimum Gasteiger partial charge on any atom is -0.349 e. The summed E-state index contributed by atoms with van der Waals surface area (Å²) in [5.74, 6) is 0.0405. The molecule has 1 aliphatic rings. The Morgan fingerprint density at radius 1 is 1.20 bits per heavy atom. The molecule has 0 aromatic heterocycles. The zero-order valence-corrected chi connectivity index (χ0v) is 8.78. The van der Waals surface area contributed by atoms with Crippen LogP contribution in [0.15, 0.2) is 30.3 Å². The number of rotatable bonds is 2. The predicted octanol–water partition coefficient (Wildman–Crippen LogP) is 2.56. The lowest BCUT2D eigenvalue weighted by molar-refractivity contribution is 0.0937. The third kappa shape index (κ3) is 2.82. The van der Waals surface area contributed by atoms with Gasteiger partial charge in [0.1, 0.15) is 0 Å². The van der Waals surface area contributed by atoms with E-state index < -0.39 is 0 Å². The third-order valence-electron chi connectivity index (χ3n) is 2.77. The molecule has 1 radical (unpaired) electrons. The number of benzene rings is 1. The zero-order chi connectivity index (χ0) is 10.5. The molecule has 0 aliphatic heterocycles. The fraction of sp³-hybridized carbons (Fsp3) is 0.385. The summed E-state index contributed by atoms with van der Waals surface area (Å²) < 4.78 is 0. The van der Waals surface area contributed by atoms with E-state index in [1.165, 1.54) is 12.8 Å². The van der Waals surface area contributed by atoms with Crippen molar-refractivity contribution in [2.75, 3.05) is 0 Å². The summed E-state index contributed by atoms with van der Waals surface area (Å²) in [7, 11) is 0. The van der Waals surface area contributed by atoms with Crippen LogP contribution in [-0.4, -0.2) is 11.9 Å². The number of carbonyl (C=O) groups excluding carboxylic acids is 1. The Balaban J connectivity index is 1.91. The molecule has 2 heteroatoms. The SMILES string of the molecule is O=C(N[C@H]1[CH]CCCC1)c1ccccc1. The van der Waals surface area contributed by atoms with Gasteiger partial charge in [-0.05, 0) is 31.4 Å². The second-order valence-electron chi connectivity index (χ2n) is 3.97. The largest absolute Gasteiger partial charge is 0.349 e. The van der Waals surface area contributed by atoms with Gasteiger partial charge in [-0.1, -0.05) is 31.0 Å². The predicted molar refractivity (Wildman–Crippen MR) is 60.5 cm³/mol. The van der Waals surface area contributed by atoms with Crippen molar-refractivity contribution in [1.29, 1.82) is 0 Å². The molecule has 79 valence electrons. The van der Waals surface area contributed by atoms with Gasteiger partial charge in [0.2, 0.25) is 0 Å². The number of carbonyl (C=O) groups is 1. The van der Waals surface area contributed by atoms with Crippen LogP contribution in [0.3, 0.4) is 0 Å². The number of nitrogens with one attached hydrogen (secondary N) is 1. The fourth-order valence-corrected chi connectivity index (χ4v) is 1.92. The lowest BCUT2D eigenvalue weighted by Gasteiger charge is -2.22. The van der Waals surface area contributed by atoms with Gasteiger partial charge in [0.15, 0.2) is 0 Å². The molecule has 2 rings (SSSR count). The van der Waals surface area contributed by atoms with Gasteiger partial charge in [-0.25, -0.2) is 0 Å². The average molecular weight is 202 g/mol. The molecular formula is C13H16NO. The van der Waals surface area contributed by atoms with E-state index >= 15 is 0 Å². The molecule has 1 aromatic carbocycles. The third-order valence-corrected chi connectivity index (χ3v) is 2.77. The first-order valence-electron chi connectivity index (χ1n) is 5.55. The van der Waals surface area contributed by atoms with Crippen molar-refractivity contribution < 1.29 is 4.79 Å². The fourth-order valence-electron chi connectivity index (χ4n) is 1.92. The summed E-state index contributed by atoms with van der Waals surface area (Å²) in [6.07, 6.45) is 6.90. The van der Waals surface area contributed by atoms with Crippen LogP contribution in [0, 0.1) is 6.42 Å². The first kappa shape index (κ1) is 10.2. The highest BCUT2D eigenvalue weighted by Crippen LogP contribution is 2.16. The van der Waals surface area contributed by atoms with Crippen LogP contribution in [0.25, 0.3) is 0 Å². The molecule has 1 aliphatic carbocycles. The summed E-state index contributed by atoms with van der Waals surface area (Å²) in [5.41, 5.74) is 0.747. The van der Waals surface area contributed by atoms with E-state index in [9.17, 15) is 4.79 Å². The Labute approximate surface area is 90.7 Å². The van der Waals surface area contributed by atoms with E-state index in [0.717, 1.165) is 18.4 Å². The molecule has 0 spiro atoms. The molecule has 15 heavy (non-hydrogen) atoms. The van der Waals surface area contributed by atoms with Gasteiger partial charge in [0, 0.05) is 11.6 Å². The van der Waals surface area contributed by atoms with Crippen molar-refractivity contribution in [3.63, 3.8) is 0 Å². The molecule has 1 aromatic rings. The lowest BCUT2D eigenvalue weighted by Crippen LogP contribution is -2.36. The molecule has 0 heterocycles. The van der Waals surface area contributed by atoms with Crippen molar-refractivity contribution in [2.24, 2.45) is 0 Å². The Hall–Kier alpha value is -1.31. The van der Waals surface area contributed by atoms with Crippen LogP contribution < -0.4 is 5.32 Å². The van der Waals surface area contributed by atoms with Crippen LogP contribution in [0.5, 0.6) is 0 Å². The molecule has 0 saturated heterocycles. The molecule has 1 saturated carbocycles. The molecule has 1 N–H and O–H groups in total. The van der Waals surface area contributed by atoms with E-state index in [1.807, 2.05) is 30.3 Å². The summed E-state index contributed by atoms with van der Waals surface area (Å²) in [4.78, 5) is 11.8. The second kappa shape index (κ2) is 4.96. The van der Waals surface area contributed by atoms with Crippen LogP contribution in [0.2, 0.25) is 0 Å². The standard InChI is InChI=1S/C13H16NO/c15-13(11-7-3-1-4-8-11)14-12-9-5-2-6-10-12/h1,3-4,7-9,12H,2,5-6,10H2,(H,14,15)/t12-/m0/s1. The Morgan fingerprint density at radius 2 is 2.00 bits per heavy atom. The smallest absolute Gasteiger partial charge is 0.251 e. The van der Waals surface area contributed by atoms with Crippen molar-refractivity contribution >= 4 is 5.91 Å². The average Bonchev–Trinajstić information content (AvgIpc) is 2.31. The maximum Gasteiger partial charge on any atom is 0.251 e. The van der Waals surface area contributed by atoms with Gasteiger partial charge >= 0.3 is 0 Å². The normalized spacial score (nSPS) is 17.3. The highest BCUT2D eigenvalue weighted by molar-refractivity contribution is 5.94. The molecular weight excluding hydrogens is 186 g/mol. The molecule has 1 atom stereocenters. The first-order chi connectivity index (χ1) is 7.36. The van der Waals surface area contributed by atoms with Crippen molar-refractivity contribution in [3.05, 3.63) is 42.3 Å². The van der Waals surface area contributed by atoms with E-state index in [-0.39, 0.29) is 11.9 Å². The highest BCUT2D eigenvalue weighted by atomic mass is 16.1. The van der Waals surface area contributed by atoms with Gasteiger partial charge in [-0.15, -0.1) is 0 Å². The number of hydrogen-bond acceptors (Lipinski definition) is 1. The van der Waals surface area contributed by atoms with E-state index in [4.69, 9.17) is 0 Å². The van der Waals surface area contributed by atoms with Crippen molar-refractivity contribution in [1.82, 2.24) is 5.32 Å². The Morgan fingerprint density at radius 3 is 2.67 bits per heavy atom. The van der Waals surface area contributed by atoms with E-state index in [1.54, 1.807) is 0 Å². The summed E-state index contributed by atoms with van der Waals surface area (Å²) in [5, 5.41) is 3.04. The maximum atomic E-state index is 11.8. The van der Waals surface area contributed by atoms with Gasteiger partial charge in [-0.3, -0.25) is 4.79 Å². The monoisotopic (exact) mass is 202 g/mol. The summed E-state index contributed by atoms with van der Waals surface area (Å²) in [6, 6.07) is 9.66. The van der Waals surface area contributed by atoms with Crippen molar-refractivity contribution in [3.8, 4) is 0 Å². The summed E-state index contributed by atoms with van der Waals surface area (Å²) >= 11 is 0. The molecule has 0 bridgehead atoms. The maximum absolute atomic E-state index is 11.8. The van der Waals surface area contributed by atoms with Crippen LogP contribution in [0.1, 0.15) is 36.0 Å². The van der Waals surface area contributed by atoms with Crippen molar-refractivity contribution in [2.45, 2.75) is 31.7 Å². The quantitative estimate of drug-likeness (QED) is 0.784. The Bertz CT molecular complexity index is 315. The number of hydrogen-bond donors (Lipinski definition) is 1. The molecule has 1 amide bonds. The second-order valence-corrected chi connectivity index (χ2v) is 3.97.